The Kier molecular flexibility index (Phi) is 6.01. The fraction of sp³-hybridized carbons (Fsp3) is 1.00. The molecule has 0 nitrogen and oxygen atoms in total. The van der Waals surface area contributed by atoms with Crippen molar-refractivity contribution in [2.75, 3.05) is 0 Å². The average molecular weight is 387 g/mol. The lowest BCUT2D eigenvalue weighted by Gasteiger charge is -2.61. The van der Waals surface area contributed by atoms with E-state index in [0.29, 0.717) is 10.8 Å². The van der Waals surface area contributed by atoms with Gasteiger partial charge in [0.2, 0.25) is 0 Å². The Morgan fingerprint density at radius 3 is 2.25 bits per heavy atom. The van der Waals surface area contributed by atoms with E-state index in [9.17, 15) is 0 Å². The van der Waals surface area contributed by atoms with Crippen molar-refractivity contribution in [3.05, 3.63) is 0 Å². The minimum absolute atomic E-state index is 0.679. The molecule has 0 heteroatoms. The Morgan fingerprint density at radius 1 is 0.786 bits per heavy atom. The van der Waals surface area contributed by atoms with Crippen LogP contribution in [0.3, 0.4) is 0 Å². The minimum atomic E-state index is 0.679. The molecule has 4 aliphatic rings. The zero-order chi connectivity index (χ0) is 20.1. The van der Waals surface area contributed by atoms with Gasteiger partial charge >= 0.3 is 0 Å². The van der Waals surface area contributed by atoms with Crippen LogP contribution in [0.4, 0.5) is 0 Å². The van der Waals surface area contributed by atoms with Crippen molar-refractivity contribution in [2.24, 2.45) is 58.2 Å². The van der Waals surface area contributed by atoms with Crippen LogP contribution in [0.2, 0.25) is 0 Å². The molecule has 4 aliphatic carbocycles. The standard InChI is InChI=1S/C28H50/c1-19(2)7-8-20(3)17-23-10-12-25-24-11-9-22-18-21(4)13-15-27(22,5)26(24)14-16-28(23,25)6/h19-26H,7-18H2,1-6H3. The number of fused-ring (bicyclic) bond motifs is 5. The van der Waals surface area contributed by atoms with Gasteiger partial charge in [0, 0.05) is 0 Å². The molecular weight excluding hydrogens is 336 g/mol. The summed E-state index contributed by atoms with van der Waals surface area (Å²) in [5.74, 6) is 8.08. The topological polar surface area (TPSA) is 0 Å². The SMILES string of the molecule is CC(C)CCC(C)CC1CCC2C3CCC4CC(C)CCC4(C)C3CCC12C. The average Bonchev–Trinajstić information content (AvgIpc) is 2.97. The van der Waals surface area contributed by atoms with Gasteiger partial charge in [-0.1, -0.05) is 60.8 Å². The lowest BCUT2D eigenvalue weighted by Crippen LogP contribution is -2.53. The van der Waals surface area contributed by atoms with Gasteiger partial charge in [-0.05, 0) is 116 Å². The predicted octanol–water partition coefficient (Wildman–Crippen LogP) is 8.74. The first-order chi connectivity index (χ1) is 13.2. The molecule has 0 N–H and O–H groups in total. The van der Waals surface area contributed by atoms with Crippen LogP contribution in [0.15, 0.2) is 0 Å². The van der Waals surface area contributed by atoms with E-state index in [1.54, 1.807) is 44.9 Å². The first kappa shape index (κ1) is 21.2. The Morgan fingerprint density at radius 2 is 1.50 bits per heavy atom. The summed E-state index contributed by atoms with van der Waals surface area (Å²) in [6.45, 7) is 15.3. The lowest BCUT2D eigenvalue weighted by molar-refractivity contribution is -0.118. The monoisotopic (exact) mass is 386 g/mol. The summed E-state index contributed by atoms with van der Waals surface area (Å²) >= 11 is 0. The highest BCUT2D eigenvalue weighted by Gasteiger charge is 2.59. The molecule has 4 rings (SSSR count). The number of rotatable bonds is 5. The third kappa shape index (κ3) is 3.62. The summed E-state index contributed by atoms with van der Waals surface area (Å²) in [5, 5.41) is 0. The van der Waals surface area contributed by atoms with Crippen molar-refractivity contribution < 1.29 is 0 Å². The summed E-state index contributed by atoms with van der Waals surface area (Å²) in [7, 11) is 0. The zero-order valence-electron chi connectivity index (χ0n) is 20.1. The molecule has 0 aromatic rings. The Balaban J connectivity index is 1.45. The van der Waals surface area contributed by atoms with E-state index in [-0.39, 0.29) is 0 Å². The third-order valence-electron chi connectivity index (χ3n) is 11.0. The Bertz CT molecular complexity index is 534. The van der Waals surface area contributed by atoms with E-state index in [2.05, 4.69) is 41.5 Å². The second-order valence-corrected chi connectivity index (χ2v) is 13.2. The molecule has 0 heterocycles. The van der Waals surface area contributed by atoms with Crippen molar-refractivity contribution >= 4 is 0 Å². The molecule has 0 bridgehead atoms. The molecule has 4 fully saturated rings. The summed E-state index contributed by atoms with van der Waals surface area (Å²) in [6, 6.07) is 0. The van der Waals surface area contributed by atoms with Crippen LogP contribution in [0.5, 0.6) is 0 Å². The van der Waals surface area contributed by atoms with Crippen LogP contribution in [0.25, 0.3) is 0 Å². The van der Waals surface area contributed by atoms with E-state index in [4.69, 9.17) is 0 Å². The second-order valence-electron chi connectivity index (χ2n) is 13.2. The highest BCUT2D eigenvalue weighted by molar-refractivity contribution is 5.09. The molecule has 0 aromatic heterocycles. The molecular formula is C28H50. The van der Waals surface area contributed by atoms with E-state index >= 15 is 0 Å². The quantitative estimate of drug-likeness (QED) is 0.443. The maximum absolute atomic E-state index is 2.75. The fourth-order valence-electron chi connectivity index (χ4n) is 9.19. The van der Waals surface area contributed by atoms with Crippen molar-refractivity contribution in [1.29, 1.82) is 0 Å². The smallest absolute Gasteiger partial charge is 0.0266 e. The highest BCUT2D eigenvalue weighted by Crippen LogP contribution is 2.68. The molecule has 0 amide bonds. The Hall–Kier alpha value is 0. The van der Waals surface area contributed by atoms with Gasteiger partial charge in [0.05, 0.1) is 0 Å². The van der Waals surface area contributed by atoms with Crippen LogP contribution in [-0.2, 0) is 0 Å². The molecule has 162 valence electrons. The first-order valence-corrected chi connectivity index (χ1v) is 13.2. The van der Waals surface area contributed by atoms with Gasteiger partial charge in [-0.2, -0.15) is 0 Å². The van der Waals surface area contributed by atoms with Crippen LogP contribution >= 0.6 is 0 Å². The van der Waals surface area contributed by atoms with Crippen LogP contribution < -0.4 is 0 Å². The highest BCUT2D eigenvalue weighted by atomic mass is 14.6. The molecule has 4 saturated carbocycles. The van der Waals surface area contributed by atoms with Crippen LogP contribution in [0.1, 0.15) is 119 Å². The van der Waals surface area contributed by atoms with E-state index in [1.165, 1.54) is 32.1 Å². The number of hydrogen-bond donors (Lipinski definition) is 0. The largest absolute Gasteiger partial charge is 0.0628 e. The van der Waals surface area contributed by atoms with Gasteiger partial charge in [-0.3, -0.25) is 0 Å². The molecule has 0 radical (unpaired) electrons. The van der Waals surface area contributed by atoms with Crippen molar-refractivity contribution in [2.45, 2.75) is 119 Å². The zero-order valence-corrected chi connectivity index (χ0v) is 20.1. The third-order valence-corrected chi connectivity index (χ3v) is 11.0. The van der Waals surface area contributed by atoms with Gasteiger partial charge in [-0.15, -0.1) is 0 Å². The minimum Gasteiger partial charge on any atom is -0.0628 e. The normalized spacial score (nSPS) is 49.4. The van der Waals surface area contributed by atoms with Gasteiger partial charge in [0.1, 0.15) is 0 Å². The lowest BCUT2D eigenvalue weighted by atomic mass is 9.44. The predicted molar refractivity (Wildman–Crippen MR) is 122 cm³/mol. The molecule has 0 spiro atoms. The van der Waals surface area contributed by atoms with Crippen LogP contribution in [0, 0.1) is 58.2 Å². The van der Waals surface area contributed by atoms with E-state index in [1.807, 2.05) is 0 Å². The molecule has 0 aliphatic heterocycles. The summed E-state index contributed by atoms with van der Waals surface area (Å²) in [6.07, 6.45) is 18.4. The molecule has 0 aromatic carbocycles. The summed E-state index contributed by atoms with van der Waals surface area (Å²) < 4.78 is 0. The second kappa shape index (κ2) is 7.92. The summed E-state index contributed by atoms with van der Waals surface area (Å²) in [4.78, 5) is 0. The molecule has 9 atom stereocenters. The molecule has 0 saturated heterocycles. The molecule has 28 heavy (non-hydrogen) atoms. The van der Waals surface area contributed by atoms with Gasteiger partial charge in [-0.25, -0.2) is 0 Å². The van der Waals surface area contributed by atoms with E-state index in [0.717, 1.165) is 47.3 Å². The maximum Gasteiger partial charge on any atom is -0.0266 e. The Labute approximate surface area is 177 Å². The van der Waals surface area contributed by atoms with Crippen molar-refractivity contribution in [3.63, 3.8) is 0 Å². The molecule has 9 unspecified atom stereocenters. The fourth-order valence-corrected chi connectivity index (χ4v) is 9.19. The van der Waals surface area contributed by atoms with E-state index < -0.39 is 0 Å². The van der Waals surface area contributed by atoms with Crippen LogP contribution in [-0.4, -0.2) is 0 Å². The van der Waals surface area contributed by atoms with Gasteiger partial charge in [0.25, 0.3) is 0 Å². The first-order valence-electron chi connectivity index (χ1n) is 13.2. The summed E-state index contributed by atoms with van der Waals surface area (Å²) in [5.41, 5.74) is 1.37. The van der Waals surface area contributed by atoms with Gasteiger partial charge in [0.15, 0.2) is 0 Å². The maximum atomic E-state index is 2.75. The number of hydrogen-bond acceptors (Lipinski definition) is 0. The van der Waals surface area contributed by atoms with Crippen molar-refractivity contribution in [1.82, 2.24) is 0 Å². The van der Waals surface area contributed by atoms with Crippen molar-refractivity contribution in [3.8, 4) is 0 Å². The van der Waals surface area contributed by atoms with Gasteiger partial charge < -0.3 is 0 Å².